The Labute approximate surface area is 174 Å². The number of alkyl halides is 3. The molecule has 4 nitrogen and oxygen atoms in total. The fraction of sp³-hybridized carbons (Fsp3) is 0.143. The molecule has 3 rings (SSSR count). The number of halogens is 5. The largest absolute Gasteiger partial charge is 0.496 e. The molecule has 0 spiro atoms. The monoisotopic (exact) mass is 439 g/mol. The van der Waals surface area contributed by atoms with E-state index in [2.05, 4.69) is 4.98 Å². The molecule has 0 fully saturated rings. The minimum Gasteiger partial charge on any atom is -0.496 e. The van der Waals surface area contributed by atoms with Gasteiger partial charge in [0.25, 0.3) is 0 Å². The van der Waals surface area contributed by atoms with E-state index in [4.69, 9.17) is 21.1 Å². The highest BCUT2D eigenvalue weighted by Gasteiger charge is 2.32. The number of nitrogens with zero attached hydrogens (tertiary/aromatic N) is 1. The van der Waals surface area contributed by atoms with Gasteiger partial charge in [0.15, 0.2) is 11.5 Å². The van der Waals surface area contributed by atoms with Crippen LogP contribution in [0.4, 0.5) is 17.6 Å². The number of rotatable bonds is 5. The molecule has 0 aliphatic rings. The maximum absolute atomic E-state index is 14.5. The first-order valence-corrected chi connectivity index (χ1v) is 8.91. The summed E-state index contributed by atoms with van der Waals surface area (Å²) in [5.41, 5.74) is -1.09. The third kappa shape index (κ3) is 4.71. The number of pyridine rings is 1. The lowest BCUT2D eigenvalue weighted by Crippen LogP contribution is -2.10. The van der Waals surface area contributed by atoms with Crippen LogP contribution in [0.2, 0.25) is 5.02 Å². The van der Waals surface area contributed by atoms with Gasteiger partial charge in [0, 0.05) is 5.56 Å². The summed E-state index contributed by atoms with van der Waals surface area (Å²) in [4.78, 5) is 16.3. The molecule has 0 amide bonds. The summed E-state index contributed by atoms with van der Waals surface area (Å²) in [5.74, 6) is -2.10. The second-order valence-corrected chi connectivity index (χ2v) is 6.53. The van der Waals surface area contributed by atoms with Crippen LogP contribution in [-0.4, -0.2) is 18.1 Å². The Kier molecular flexibility index (Phi) is 6.26. The maximum Gasteiger partial charge on any atom is 0.416 e. The van der Waals surface area contributed by atoms with Gasteiger partial charge in [-0.3, -0.25) is 0 Å². The van der Waals surface area contributed by atoms with Gasteiger partial charge in [-0.1, -0.05) is 41.9 Å². The Bertz CT molecular complexity index is 1070. The molecule has 9 heteroatoms. The summed E-state index contributed by atoms with van der Waals surface area (Å²) in [5, 5.41) is -0.291. The minimum atomic E-state index is -4.61. The third-order valence-electron chi connectivity index (χ3n) is 4.12. The van der Waals surface area contributed by atoms with Crippen molar-refractivity contribution in [2.24, 2.45) is 0 Å². The van der Waals surface area contributed by atoms with Crippen molar-refractivity contribution < 1.29 is 31.8 Å². The van der Waals surface area contributed by atoms with Crippen LogP contribution in [0.5, 0.6) is 5.75 Å². The van der Waals surface area contributed by atoms with Gasteiger partial charge >= 0.3 is 12.1 Å². The van der Waals surface area contributed by atoms with Crippen LogP contribution in [-0.2, 0) is 17.5 Å². The van der Waals surface area contributed by atoms with E-state index in [9.17, 15) is 22.4 Å². The van der Waals surface area contributed by atoms with Gasteiger partial charge in [-0.2, -0.15) is 13.2 Å². The molecule has 2 aromatic carbocycles. The minimum absolute atomic E-state index is 0.0615. The number of carbonyl (C=O) groups is 1. The van der Waals surface area contributed by atoms with Gasteiger partial charge in [-0.05, 0) is 29.8 Å². The molecule has 3 aromatic rings. The van der Waals surface area contributed by atoms with E-state index in [-0.39, 0.29) is 28.6 Å². The third-order valence-corrected chi connectivity index (χ3v) is 4.41. The first kappa shape index (κ1) is 21.6. The number of esters is 1. The van der Waals surface area contributed by atoms with E-state index in [0.717, 1.165) is 31.4 Å². The Morgan fingerprint density at radius 2 is 1.80 bits per heavy atom. The van der Waals surface area contributed by atoms with Crippen molar-refractivity contribution in [2.45, 2.75) is 12.8 Å². The van der Waals surface area contributed by atoms with Gasteiger partial charge in [-0.25, -0.2) is 14.2 Å². The summed E-state index contributed by atoms with van der Waals surface area (Å²) < 4.78 is 63.5. The van der Waals surface area contributed by atoms with Crippen molar-refractivity contribution >= 4 is 17.6 Å². The zero-order valence-electron chi connectivity index (χ0n) is 15.5. The van der Waals surface area contributed by atoms with Crippen molar-refractivity contribution in [2.75, 3.05) is 7.11 Å². The van der Waals surface area contributed by atoms with Crippen LogP contribution in [0.3, 0.4) is 0 Å². The predicted molar refractivity (Wildman–Crippen MR) is 102 cm³/mol. The van der Waals surface area contributed by atoms with Gasteiger partial charge in [0.1, 0.15) is 18.1 Å². The van der Waals surface area contributed by atoms with E-state index in [0.29, 0.717) is 5.56 Å². The maximum atomic E-state index is 14.5. The van der Waals surface area contributed by atoms with Crippen molar-refractivity contribution in [3.8, 4) is 17.0 Å². The molecule has 1 aromatic heterocycles. The molecule has 0 saturated carbocycles. The van der Waals surface area contributed by atoms with Crippen LogP contribution < -0.4 is 4.74 Å². The van der Waals surface area contributed by atoms with E-state index < -0.39 is 29.2 Å². The fourth-order valence-corrected chi connectivity index (χ4v) is 2.87. The molecule has 0 unspecified atom stereocenters. The van der Waals surface area contributed by atoms with Crippen LogP contribution >= 0.6 is 11.6 Å². The zero-order valence-corrected chi connectivity index (χ0v) is 16.2. The van der Waals surface area contributed by atoms with Gasteiger partial charge in [0.2, 0.25) is 0 Å². The van der Waals surface area contributed by atoms with Crippen LogP contribution in [0.1, 0.15) is 21.6 Å². The first-order valence-electron chi connectivity index (χ1n) is 8.53. The average molecular weight is 440 g/mol. The Balaban J connectivity index is 1.96. The molecule has 0 N–H and O–H groups in total. The number of carbonyl (C=O) groups excluding carboxylic acids is 1. The number of hydrogen-bond acceptors (Lipinski definition) is 4. The van der Waals surface area contributed by atoms with E-state index in [1.165, 1.54) is 0 Å². The first-order chi connectivity index (χ1) is 14.2. The lowest BCUT2D eigenvalue weighted by molar-refractivity contribution is -0.137. The molecule has 30 heavy (non-hydrogen) atoms. The predicted octanol–water partition coefficient (Wildman–Crippen LogP) is 5.93. The van der Waals surface area contributed by atoms with Crippen molar-refractivity contribution in [1.82, 2.24) is 4.98 Å². The smallest absolute Gasteiger partial charge is 0.416 e. The van der Waals surface area contributed by atoms with Crippen LogP contribution in [0.25, 0.3) is 11.3 Å². The number of aromatic nitrogens is 1. The highest BCUT2D eigenvalue weighted by Crippen LogP contribution is 2.38. The molecular formula is C21H14ClF4NO3. The Morgan fingerprint density at radius 3 is 2.43 bits per heavy atom. The number of benzene rings is 2. The molecule has 0 saturated heterocycles. The highest BCUT2D eigenvalue weighted by atomic mass is 35.5. The number of ether oxygens (including phenoxy) is 2. The molecule has 1 heterocycles. The van der Waals surface area contributed by atoms with Crippen molar-refractivity contribution in [1.29, 1.82) is 0 Å². The van der Waals surface area contributed by atoms with Crippen LogP contribution in [0.15, 0.2) is 54.6 Å². The van der Waals surface area contributed by atoms with Crippen molar-refractivity contribution in [3.05, 3.63) is 82.3 Å². The van der Waals surface area contributed by atoms with E-state index >= 15 is 0 Å². The summed E-state index contributed by atoms with van der Waals surface area (Å²) >= 11 is 5.94. The quantitative estimate of drug-likeness (QED) is 0.365. The number of methoxy groups -OCH3 is 1. The molecule has 0 bridgehead atoms. The highest BCUT2D eigenvalue weighted by molar-refractivity contribution is 6.33. The lowest BCUT2D eigenvalue weighted by Gasteiger charge is -2.14. The zero-order chi connectivity index (χ0) is 21.9. The standard InChI is InChI=1S/C21H14ClF4NO3/c1-29-17-9-13(21(24,25)26)7-8-14(17)18-16(23)10-15(22)19(27-18)20(28)30-11-12-5-3-2-4-6-12/h2-10H,11H2,1H3. The number of hydrogen-bond donors (Lipinski definition) is 0. The Morgan fingerprint density at radius 1 is 1.10 bits per heavy atom. The van der Waals surface area contributed by atoms with Gasteiger partial charge in [0.05, 0.1) is 17.7 Å². The van der Waals surface area contributed by atoms with E-state index in [1.807, 2.05) is 0 Å². The second kappa shape index (κ2) is 8.71. The molecule has 0 radical (unpaired) electrons. The Hall–Kier alpha value is -3.13. The molecule has 0 aliphatic heterocycles. The topological polar surface area (TPSA) is 48.4 Å². The summed E-state index contributed by atoms with van der Waals surface area (Å²) in [6.07, 6.45) is -4.61. The molecular weight excluding hydrogens is 426 g/mol. The summed E-state index contributed by atoms with van der Waals surface area (Å²) in [6.45, 7) is -0.0615. The van der Waals surface area contributed by atoms with Crippen LogP contribution in [0, 0.1) is 5.82 Å². The normalized spacial score (nSPS) is 11.3. The van der Waals surface area contributed by atoms with E-state index in [1.54, 1.807) is 30.3 Å². The molecule has 156 valence electrons. The summed E-state index contributed by atoms with van der Waals surface area (Å²) in [7, 11) is 1.14. The summed E-state index contributed by atoms with van der Waals surface area (Å²) in [6, 6.07) is 12.2. The fourth-order valence-electron chi connectivity index (χ4n) is 2.65. The SMILES string of the molecule is COc1cc(C(F)(F)F)ccc1-c1nc(C(=O)OCc2ccccc2)c(Cl)cc1F. The van der Waals surface area contributed by atoms with Gasteiger partial charge in [-0.15, -0.1) is 0 Å². The molecule has 0 atom stereocenters. The van der Waals surface area contributed by atoms with Gasteiger partial charge < -0.3 is 9.47 Å². The molecule has 0 aliphatic carbocycles. The lowest BCUT2D eigenvalue weighted by atomic mass is 10.1. The second-order valence-electron chi connectivity index (χ2n) is 6.12. The van der Waals surface area contributed by atoms with Crippen molar-refractivity contribution in [3.63, 3.8) is 0 Å². The average Bonchev–Trinajstić information content (AvgIpc) is 2.72.